The van der Waals surface area contributed by atoms with Gasteiger partial charge in [0.05, 0.1) is 6.42 Å². The number of aliphatic carboxylic acids is 2. The first-order valence-electron chi connectivity index (χ1n) is 2.83. The van der Waals surface area contributed by atoms with E-state index in [1.54, 1.807) is 0 Å². The normalized spacial score (nSPS) is 12.1. The summed E-state index contributed by atoms with van der Waals surface area (Å²) in [5.41, 5.74) is 5.04. The third-order valence-corrected chi connectivity index (χ3v) is 1.08. The first-order valence-corrected chi connectivity index (χ1v) is 2.83. The van der Waals surface area contributed by atoms with E-state index in [1.807, 2.05) is 0 Å². The average Bonchev–Trinajstić information content (AvgIpc) is 1.84. The molecule has 0 aromatic heterocycles. The summed E-state index contributed by atoms with van der Waals surface area (Å²) in [6.07, 6.45) is -0.409. The van der Waals surface area contributed by atoms with Gasteiger partial charge in [-0.3, -0.25) is 9.59 Å². The highest BCUT2D eigenvalue weighted by Crippen LogP contribution is 2.02. The molecule has 62 valence electrons. The van der Waals surface area contributed by atoms with Gasteiger partial charge in [0.1, 0.15) is 6.04 Å². The van der Waals surface area contributed by atoms with Gasteiger partial charge in [-0.2, -0.15) is 0 Å². The Bertz CT molecular complexity index is 199. The highest BCUT2D eigenvalue weighted by atomic mass is 16.4. The van der Waals surface area contributed by atoms with E-state index >= 15 is 0 Å². The maximum Gasteiger partial charge on any atom is 0.324 e. The summed E-state index contributed by atoms with van der Waals surface area (Å²) in [7, 11) is 0. The zero-order chi connectivity index (χ0) is 9.02. The molecule has 0 amide bonds. The van der Waals surface area contributed by atoms with E-state index in [-0.39, 0.29) is 5.57 Å². The van der Waals surface area contributed by atoms with Crippen molar-refractivity contribution in [2.24, 2.45) is 5.73 Å². The van der Waals surface area contributed by atoms with Crippen LogP contribution < -0.4 is 5.73 Å². The second-order valence-electron chi connectivity index (χ2n) is 2.04. The molecule has 5 heteroatoms. The molecule has 0 aliphatic carbocycles. The van der Waals surface area contributed by atoms with Crippen LogP contribution >= 0.6 is 0 Å². The third kappa shape index (κ3) is 3.36. The summed E-state index contributed by atoms with van der Waals surface area (Å²) in [5.74, 6) is -2.40. The van der Waals surface area contributed by atoms with E-state index in [9.17, 15) is 9.59 Å². The Hall–Kier alpha value is -1.36. The molecule has 0 aromatic carbocycles. The Labute approximate surface area is 63.1 Å². The van der Waals surface area contributed by atoms with Crippen molar-refractivity contribution in [1.29, 1.82) is 0 Å². The Morgan fingerprint density at radius 1 is 1.45 bits per heavy atom. The Balaban J connectivity index is 4.04. The van der Waals surface area contributed by atoms with Crippen molar-refractivity contribution < 1.29 is 19.8 Å². The number of carboxylic acid groups (broad SMARTS) is 2. The summed E-state index contributed by atoms with van der Waals surface area (Å²) >= 11 is 0. The van der Waals surface area contributed by atoms with E-state index in [2.05, 4.69) is 6.58 Å². The van der Waals surface area contributed by atoms with Gasteiger partial charge >= 0.3 is 11.9 Å². The lowest BCUT2D eigenvalue weighted by Crippen LogP contribution is -2.32. The van der Waals surface area contributed by atoms with Crippen LogP contribution in [0, 0.1) is 0 Å². The summed E-state index contributed by atoms with van der Waals surface area (Å²) in [6, 6.07) is -1.29. The number of hydrogen-bond acceptors (Lipinski definition) is 3. The highest BCUT2D eigenvalue weighted by molar-refractivity contribution is 5.80. The number of hydrogen-bond donors (Lipinski definition) is 3. The molecule has 0 heterocycles. The molecule has 0 aliphatic heterocycles. The third-order valence-electron chi connectivity index (χ3n) is 1.08. The molecule has 0 aromatic rings. The molecular formula is C6H9NO4. The molecule has 11 heavy (non-hydrogen) atoms. The predicted octanol–water partition coefficient (Wildman–Crippen LogP) is -0.571. The molecule has 0 aliphatic rings. The number of carbonyl (C=O) groups is 2. The van der Waals surface area contributed by atoms with Gasteiger partial charge < -0.3 is 15.9 Å². The molecule has 5 nitrogen and oxygen atoms in total. The number of rotatable bonds is 4. The van der Waals surface area contributed by atoms with E-state index in [1.165, 1.54) is 0 Å². The minimum atomic E-state index is -1.29. The Kier molecular flexibility index (Phi) is 3.26. The molecule has 4 N–H and O–H groups in total. The van der Waals surface area contributed by atoms with Crippen LogP contribution in [0.1, 0.15) is 6.42 Å². The largest absolute Gasteiger partial charge is 0.481 e. The van der Waals surface area contributed by atoms with Gasteiger partial charge in [-0.1, -0.05) is 6.58 Å². The van der Waals surface area contributed by atoms with Crippen LogP contribution in [-0.4, -0.2) is 28.2 Å². The van der Waals surface area contributed by atoms with E-state index in [0.29, 0.717) is 0 Å². The lowest BCUT2D eigenvalue weighted by molar-refractivity contribution is -0.138. The van der Waals surface area contributed by atoms with Crippen molar-refractivity contribution in [2.45, 2.75) is 12.5 Å². The van der Waals surface area contributed by atoms with Crippen molar-refractivity contribution in [2.75, 3.05) is 0 Å². The highest BCUT2D eigenvalue weighted by Gasteiger charge is 2.16. The van der Waals surface area contributed by atoms with E-state index in [4.69, 9.17) is 15.9 Å². The fourth-order valence-corrected chi connectivity index (χ4v) is 0.479. The second-order valence-corrected chi connectivity index (χ2v) is 2.04. The first kappa shape index (κ1) is 9.64. The molecule has 0 bridgehead atoms. The molecule has 1 atom stereocenters. The van der Waals surface area contributed by atoms with Gasteiger partial charge in [-0.25, -0.2) is 0 Å². The molecule has 0 radical (unpaired) electrons. The summed E-state index contributed by atoms with van der Waals surface area (Å²) in [5, 5.41) is 16.5. The van der Waals surface area contributed by atoms with Crippen LogP contribution in [0.25, 0.3) is 0 Å². The predicted molar refractivity (Wildman–Crippen MR) is 37.0 cm³/mol. The van der Waals surface area contributed by atoms with E-state index in [0.717, 1.165) is 0 Å². The van der Waals surface area contributed by atoms with Crippen LogP contribution in [0.3, 0.4) is 0 Å². The fraction of sp³-hybridized carbons (Fsp3) is 0.333. The van der Waals surface area contributed by atoms with Gasteiger partial charge in [-0.05, 0) is 5.57 Å². The monoisotopic (exact) mass is 159 g/mol. The van der Waals surface area contributed by atoms with Gasteiger partial charge in [0.25, 0.3) is 0 Å². The quantitative estimate of drug-likeness (QED) is 0.477. The van der Waals surface area contributed by atoms with Crippen LogP contribution in [0.15, 0.2) is 12.2 Å². The maximum atomic E-state index is 10.1. The van der Waals surface area contributed by atoms with Gasteiger partial charge in [0, 0.05) is 0 Å². The zero-order valence-electron chi connectivity index (χ0n) is 5.78. The van der Waals surface area contributed by atoms with Gasteiger partial charge in [0.15, 0.2) is 0 Å². The Morgan fingerprint density at radius 2 is 1.91 bits per heavy atom. The van der Waals surface area contributed by atoms with Gasteiger partial charge in [0.2, 0.25) is 0 Å². The van der Waals surface area contributed by atoms with Crippen LogP contribution in [-0.2, 0) is 9.59 Å². The lowest BCUT2D eigenvalue weighted by atomic mass is 10.1. The molecule has 0 fully saturated rings. The standard InChI is InChI=1S/C6H9NO4/c1-3(2-4(8)9)5(7)6(10)11/h5H,1-2,7H2,(H,8,9)(H,10,11)/t5-/m0/s1. The van der Waals surface area contributed by atoms with Crippen LogP contribution in [0.4, 0.5) is 0 Å². The summed E-state index contributed by atoms with van der Waals surface area (Å²) in [4.78, 5) is 20.2. The molecule has 0 unspecified atom stereocenters. The van der Waals surface area contributed by atoms with Crippen molar-refractivity contribution in [3.05, 3.63) is 12.2 Å². The van der Waals surface area contributed by atoms with E-state index < -0.39 is 24.4 Å². The molecule has 0 saturated heterocycles. The van der Waals surface area contributed by atoms with Gasteiger partial charge in [-0.15, -0.1) is 0 Å². The molecule has 0 spiro atoms. The molecule has 0 saturated carbocycles. The smallest absolute Gasteiger partial charge is 0.324 e. The number of nitrogens with two attached hydrogens (primary N) is 1. The second kappa shape index (κ2) is 3.72. The van der Waals surface area contributed by atoms with Crippen LogP contribution in [0.5, 0.6) is 0 Å². The fourth-order valence-electron chi connectivity index (χ4n) is 0.479. The van der Waals surface area contributed by atoms with Crippen molar-refractivity contribution >= 4 is 11.9 Å². The Morgan fingerprint density at radius 3 is 2.18 bits per heavy atom. The topological polar surface area (TPSA) is 101 Å². The first-order chi connectivity index (χ1) is 4.95. The average molecular weight is 159 g/mol. The SMILES string of the molecule is C=C(CC(=O)O)[C@H](N)C(=O)O. The minimum absolute atomic E-state index is 0.00926. The maximum absolute atomic E-state index is 10.1. The van der Waals surface area contributed by atoms with Crippen LogP contribution in [0.2, 0.25) is 0 Å². The van der Waals surface area contributed by atoms with Crippen molar-refractivity contribution in [1.82, 2.24) is 0 Å². The number of carboxylic acids is 2. The van der Waals surface area contributed by atoms with Crippen molar-refractivity contribution in [3.63, 3.8) is 0 Å². The van der Waals surface area contributed by atoms with Crippen molar-refractivity contribution in [3.8, 4) is 0 Å². The summed E-state index contributed by atoms with van der Waals surface area (Å²) < 4.78 is 0. The summed E-state index contributed by atoms with van der Waals surface area (Å²) in [6.45, 7) is 3.23. The molecular weight excluding hydrogens is 150 g/mol. The zero-order valence-corrected chi connectivity index (χ0v) is 5.78. The lowest BCUT2D eigenvalue weighted by Gasteiger charge is -2.06. The molecule has 0 rings (SSSR count). The minimum Gasteiger partial charge on any atom is -0.481 e.